The third-order valence-corrected chi connectivity index (χ3v) is 10.5. The predicted octanol–water partition coefficient (Wildman–Crippen LogP) is 3.34. The third kappa shape index (κ3) is 7.14. The van der Waals surface area contributed by atoms with Crippen molar-refractivity contribution in [2.45, 2.75) is 96.2 Å². The molecular weight excluding hydrogens is 572 g/mol. The highest BCUT2D eigenvalue weighted by Gasteiger charge is 2.44. The van der Waals surface area contributed by atoms with Gasteiger partial charge in [0.2, 0.25) is 11.8 Å². The van der Waals surface area contributed by atoms with Crippen LogP contribution in [-0.4, -0.2) is 87.8 Å². The summed E-state index contributed by atoms with van der Waals surface area (Å²) < 4.78 is 8.58. The van der Waals surface area contributed by atoms with E-state index in [1.807, 2.05) is 26.8 Å². The van der Waals surface area contributed by atoms with Crippen molar-refractivity contribution in [1.82, 2.24) is 29.6 Å². The standard InChI is InChI=1S/C34H50N6O5/c1-33(2,3)45-31(43)35-25-8-5-24(6-9-25)20-38-17-14-34(15-18-38)21-39(22-34)16-13-23-7-10-26-28(19-23)37(4)32(44)40(26)27-11-12-29(41)36-30(27)42/h7,10,19,24-25,27H,5-6,8-9,11-18,20-22H2,1-4H3,(H,35,43)(H,36,41,42). The van der Waals surface area contributed by atoms with E-state index in [1.54, 1.807) is 16.2 Å². The fraction of sp³-hybridized carbons (Fsp3) is 0.706. The lowest BCUT2D eigenvalue weighted by Gasteiger charge is -2.54. The van der Waals surface area contributed by atoms with Crippen molar-refractivity contribution in [1.29, 1.82) is 0 Å². The molecule has 2 aromatic rings. The van der Waals surface area contributed by atoms with Gasteiger partial charge >= 0.3 is 11.8 Å². The van der Waals surface area contributed by atoms with Gasteiger partial charge in [0.15, 0.2) is 0 Å². The van der Waals surface area contributed by atoms with Gasteiger partial charge in [-0.05, 0) is 114 Å². The molecule has 246 valence electrons. The fourth-order valence-corrected chi connectivity index (χ4v) is 8.00. The van der Waals surface area contributed by atoms with E-state index < -0.39 is 17.6 Å². The van der Waals surface area contributed by atoms with E-state index in [0.717, 1.165) is 62.8 Å². The van der Waals surface area contributed by atoms with Gasteiger partial charge in [-0.3, -0.25) is 24.0 Å². The van der Waals surface area contributed by atoms with E-state index in [1.165, 1.54) is 38.0 Å². The monoisotopic (exact) mass is 622 g/mol. The molecule has 1 aromatic heterocycles. The van der Waals surface area contributed by atoms with E-state index in [0.29, 0.717) is 17.8 Å². The lowest BCUT2D eigenvalue weighted by Crippen LogP contribution is -2.60. The van der Waals surface area contributed by atoms with Crippen LogP contribution in [0.25, 0.3) is 11.0 Å². The van der Waals surface area contributed by atoms with Crippen molar-refractivity contribution in [2.24, 2.45) is 18.4 Å². The third-order valence-electron chi connectivity index (χ3n) is 10.5. The summed E-state index contributed by atoms with van der Waals surface area (Å²) in [7, 11) is 1.75. The minimum Gasteiger partial charge on any atom is -0.444 e. The minimum atomic E-state index is -0.656. The average molecular weight is 623 g/mol. The van der Waals surface area contributed by atoms with E-state index in [2.05, 4.69) is 32.6 Å². The molecule has 0 radical (unpaired) electrons. The number of piperidine rings is 2. The molecule has 1 aromatic carbocycles. The Kier molecular flexibility index (Phi) is 8.86. The molecule has 3 amide bonds. The molecule has 11 heteroatoms. The maximum atomic E-state index is 13.1. The van der Waals surface area contributed by atoms with Crippen LogP contribution < -0.4 is 16.3 Å². The number of carbonyl (C=O) groups is 3. The largest absolute Gasteiger partial charge is 0.444 e. The summed E-state index contributed by atoms with van der Waals surface area (Å²) >= 11 is 0. The van der Waals surface area contributed by atoms with Gasteiger partial charge in [-0.1, -0.05) is 6.07 Å². The number of fused-ring (bicyclic) bond motifs is 1. The quantitative estimate of drug-likeness (QED) is 0.455. The summed E-state index contributed by atoms with van der Waals surface area (Å²) in [4.78, 5) is 54.5. The number of rotatable bonds is 7. The number of alkyl carbamates (subject to hydrolysis) is 1. The van der Waals surface area contributed by atoms with Gasteiger partial charge in [-0.15, -0.1) is 0 Å². The number of carbonyl (C=O) groups excluding carboxylic acids is 3. The van der Waals surface area contributed by atoms with E-state index in [9.17, 15) is 19.2 Å². The molecular formula is C34H50N6O5. The van der Waals surface area contributed by atoms with Crippen LogP contribution in [0.4, 0.5) is 4.79 Å². The van der Waals surface area contributed by atoms with Crippen molar-refractivity contribution >= 4 is 28.9 Å². The molecule has 6 rings (SSSR count). The Morgan fingerprint density at radius 3 is 2.38 bits per heavy atom. The van der Waals surface area contributed by atoms with Crippen LogP contribution in [0, 0.1) is 11.3 Å². The first-order valence-corrected chi connectivity index (χ1v) is 16.9. The lowest BCUT2D eigenvalue weighted by atomic mass is 9.71. The molecule has 4 heterocycles. The normalized spacial score (nSPS) is 26.1. The number of aryl methyl sites for hydroxylation is 1. The molecule has 4 aliphatic rings. The van der Waals surface area contributed by atoms with E-state index >= 15 is 0 Å². The highest BCUT2D eigenvalue weighted by molar-refractivity contribution is 6.00. The number of hydrogen-bond donors (Lipinski definition) is 2. The zero-order chi connectivity index (χ0) is 31.9. The number of imidazole rings is 1. The first-order chi connectivity index (χ1) is 21.4. The van der Waals surface area contributed by atoms with Gasteiger partial charge in [0.25, 0.3) is 0 Å². The number of likely N-dealkylation sites (tertiary alicyclic amines) is 2. The number of hydrogen-bond acceptors (Lipinski definition) is 7. The van der Waals surface area contributed by atoms with Gasteiger partial charge in [0, 0.05) is 45.7 Å². The molecule has 2 N–H and O–H groups in total. The maximum Gasteiger partial charge on any atom is 0.407 e. The van der Waals surface area contributed by atoms with Crippen LogP contribution in [0.3, 0.4) is 0 Å². The highest BCUT2D eigenvalue weighted by Crippen LogP contribution is 2.41. The number of aromatic nitrogens is 2. The van der Waals surface area contributed by atoms with Crippen molar-refractivity contribution in [3.05, 3.63) is 34.2 Å². The highest BCUT2D eigenvalue weighted by atomic mass is 16.6. The molecule has 3 saturated heterocycles. The Morgan fingerprint density at radius 2 is 1.71 bits per heavy atom. The number of amides is 3. The van der Waals surface area contributed by atoms with Crippen LogP contribution in [0.15, 0.2) is 23.0 Å². The number of ether oxygens (including phenoxy) is 1. The first kappa shape index (κ1) is 31.8. The Morgan fingerprint density at radius 1 is 1.00 bits per heavy atom. The smallest absolute Gasteiger partial charge is 0.407 e. The molecule has 1 unspecified atom stereocenters. The van der Waals surface area contributed by atoms with Gasteiger partial charge in [0.05, 0.1) is 11.0 Å². The molecule has 0 bridgehead atoms. The number of nitrogens with one attached hydrogen (secondary N) is 2. The van der Waals surface area contributed by atoms with Crippen LogP contribution in [0.1, 0.15) is 83.7 Å². The van der Waals surface area contributed by atoms with E-state index in [-0.39, 0.29) is 30.2 Å². The van der Waals surface area contributed by atoms with Gasteiger partial charge in [-0.25, -0.2) is 9.59 Å². The molecule has 1 aliphatic carbocycles. The lowest BCUT2D eigenvalue weighted by molar-refractivity contribution is -0.135. The van der Waals surface area contributed by atoms with Crippen LogP contribution in [0.2, 0.25) is 0 Å². The molecule has 4 fully saturated rings. The Hall–Kier alpha value is -3.18. The molecule has 1 atom stereocenters. The number of nitrogens with zero attached hydrogens (tertiary/aromatic N) is 4. The zero-order valence-corrected chi connectivity index (χ0v) is 27.4. The van der Waals surface area contributed by atoms with E-state index in [4.69, 9.17) is 4.74 Å². The molecule has 11 nitrogen and oxygen atoms in total. The van der Waals surface area contributed by atoms with Crippen molar-refractivity contribution in [3.63, 3.8) is 0 Å². The second kappa shape index (κ2) is 12.5. The van der Waals surface area contributed by atoms with Crippen molar-refractivity contribution < 1.29 is 19.1 Å². The van der Waals surface area contributed by atoms with Crippen molar-refractivity contribution in [3.8, 4) is 0 Å². The summed E-state index contributed by atoms with van der Waals surface area (Å²) in [5.74, 6) is 0.0285. The number of imide groups is 1. The van der Waals surface area contributed by atoms with Crippen LogP contribution in [0.5, 0.6) is 0 Å². The summed E-state index contributed by atoms with van der Waals surface area (Å²) in [6.45, 7) is 12.5. The second-order valence-electron chi connectivity index (χ2n) is 15.1. The second-order valence-corrected chi connectivity index (χ2v) is 15.1. The summed E-state index contributed by atoms with van der Waals surface area (Å²) in [5.41, 5.74) is 2.51. The predicted molar refractivity (Wildman–Crippen MR) is 172 cm³/mol. The first-order valence-electron chi connectivity index (χ1n) is 16.9. The molecule has 1 saturated carbocycles. The Bertz CT molecular complexity index is 1480. The van der Waals surface area contributed by atoms with Gasteiger partial charge in [-0.2, -0.15) is 0 Å². The van der Waals surface area contributed by atoms with Crippen LogP contribution in [-0.2, 0) is 27.8 Å². The minimum absolute atomic E-state index is 0.226. The topological polar surface area (TPSA) is 118 Å². The van der Waals surface area contributed by atoms with Gasteiger partial charge < -0.3 is 19.9 Å². The number of benzene rings is 1. The Labute approximate surface area is 265 Å². The maximum absolute atomic E-state index is 13.1. The zero-order valence-electron chi connectivity index (χ0n) is 27.4. The fourth-order valence-electron chi connectivity index (χ4n) is 8.00. The molecule has 1 spiro atoms. The van der Waals surface area contributed by atoms with Gasteiger partial charge in [0.1, 0.15) is 11.6 Å². The SMILES string of the molecule is Cn1c(=O)n(C2CCC(=O)NC2=O)c2ccc(CCN3CC4(CCN(CC5CCC(NC(=O)OC(C)(C)C)CC5)CC4)C3)cc21. The summed E-state index contributed by atoms with van der Waals surface area (Å²) in [6, 6.07) is 5.67. The molecule has 3 aliphatic heterocycles. The van der Waals surface area contributed by atoms with Crippen molar-refractivity contribution in [2.75, 3.05) is 39.3 Å². The summed E-state index contributed by atoms with van der Waals surface area (Å²) in [5, 5.41) is 5.43. The Balaban J connectivity index is 0.930. The van der Waals surface area contributed by atoms with Crippen LogP contribution >= 0.6 is 0 Å². The average Bonchev–Trinajstić information content (AvgIpc) is 3.20. The molecule has 45 heavy (non-hydrogen) atoms. The summed E-state index contributed by atoms with van der Waals surface area (Å²) in [6.07, 6.45) is 8.13.